The molecule has 3 N–H and O–H groups in total. The zero-order valence-corrected chi connectivity index (χ0v) is 6.75. The molecule has 60 valence electrons. The Morgan fingerprint density at radius 1 is 1.36 bits per heavy atom. The number of rotatable bonds is 3. The van der Waals surface area contributed by atoms with Crippen LogP contribution < -0.4 is 5.48 Å². The van der Waals surface area contributed by atoms with Gasteiger partial charge in [-0.15, -0.1) is 0 Å². The summed E-state index contributed by atoms with van der Waals surface area (Å²) in [7, 11) is 0. The molecule has 1 aromatic rings. The lowest BCUT2D eigenvalue weighted by atomic mass is 10.1. The number of benzene rings is 1. The van der Waals surface area contributed by atoms with Gasteiger partial charge in [0.1, 0.15) is 0 Å². The molecule has 2 nitrogen and oxygen atoms in total. The van der Waals surface area contributed by atoms with E-state index in [2.05, 4.69) is 6.92 Å². The van der Waals surface area contributed by atoms with E-state index in [1.165, 1.54) is 11.0 Å². The van der Waals surface area contributed by atoms with Crippen molar-refractivity contribution in [1.82, 2.24) is 0 Å². The van der Waals surface area contributed by atoms with Gasteiger partial charge in [0, 0.05) is 11.6 Å². The summed E-state index contributed by atoms with van der Waals surface area (Å²) in [6.07, 6.45) is 2.15. The van der Waals surface area contributed by atoms with E-state index in [0.29, 0.717) is 0 Å². The largest absolute Gasteiger partial charge is 0.215 e. The fraction of sp³-hybridized carbons (Fsp3) is 0.333. The fourth-order valence-corrected chi connectivity index (χ4v) is 1.16. The Balaban J connectivity index is 2.83. The van der Waals surface area contributed by atoms with Gasteiger partial charge >= 0.3 is 0 Å². The Morgan fingerprint density at radius 2 is 2.09 bits per heavy atom. The molecule has 0 bridgehead atoms. The molecule has 0 aliphatic rings. The van der Waals surface area contributed by atoms with Crippen LogP contribution in [0.25, 0.3) is 0 Å². The van der Waals surface area contributed by atoms with Crippen molar-refractivity contribution < 1.29 is 10.7 Å². The molecule has 0 aromatic heterocycles. The molecule has 0 aliphatic carbocycles. The van der Waals surface area contributed by atoms with Gasteiger partial charge in [-0.1, -0.05) is 31.5 Å². The summed E-state index contributed by atoms with van der Waals surface area (Å²) in [5.74, 6) is 0. The highest BCUT2D eigenvalue weighted by molar-refractivity contribution is 5.38. The monoisotopic (exact) mass is 152 g/mol. The van der Waals surface area contributed by atoms with Gasteiger partial charge in [-0.2, -0.15) is 5.48 Å². The van der Waals surface area contributed by atoms with Crippen molar-refractivity contribution in [1.29, 1.82) is 0 Å². The predicted octanol–water partition coefficient (Wildman–Crippen LogP) is 1.22. The van der Waals surface area contributed by atoms with Gasteiger partial charge in [0.2, 0.25) is 0 Å². The lowest BCUT2D eigenvalue weighted by molar-refractivity contribution is -0.826. The van der Waals surface area contributed by atoms with E-state index in [1.54, 1.807) is 0 Å². The van der Waals surface area contributed by atoms with Gasteiger partial charge in [0.15, 0.2) is 5.69 Å². The molecular formula is C9H14NO+. The number of hydrogen-bond acceptors (Lipinski definition) is 1. The third-order valence-electron chi connectivity index (χ3n) is 1.71. The second-order valence-electron chi connectivity index (χ2n) is 2.58. The second-order valence-corrected chi connectivity index (χ2v) is 2.58. The Bertz CT molecular complexity index is 223. The quantitative estimate of drug-likeness (QED) is 0.496. The molecule has 0 atom stereocenters. The molecule has 0 spiro atoms. The first-order chi connectivity index (χ1) is 5.38. The van der Waals surface area contributed by atoms with Crippen molar-refractivity contribution in [3.8, 4) is 0 Å². The highest BCUT2D eigenvalue weighted by Crippen LogP contribution is 2.10. The maximum atomic E-state index is 8.82. The first-order valence-electron chi connectivity index (χ1n) is 3.93. The van der Waals surface area contributed by atoms with E-state index in [1.807, 2.05) is 24.3 Å². The molecular weight excluding hydrogens is 138 g/mol. The van der Waals surface area contributed by atoms with Crippen LogP contribution in [0.5, 0.6) is 0 Å². The van der Waals surface area contributed by atoms with E-state index in [9.17, 15) is 0 Å². The average Bonchev–Trinajstić information content (AvgIpc) is 2.06. The number of aryl methyl sites for hydroxylation is 1. The maximum Gasteiger partial charge on any atom is 0.164 e. The van der Waals surface area contributed by atoms with Gasteiger partial charge in [0.25, 0.3) is 0 Å². The summed E-state index contributed by atoms with van der Waals surface area (Å²) in [6, 6.07) is 7.90. The van der Waals surface area contributed by atoms with Crippen molar-refractivity contribution in [2.75, 3.05) is 0 Å². The first-order valence-corrected chi connectivity index (χ1v) is 3.93. The maximum absolute atomic E-state index is 8.82. The molecule has 0 radical (unpaired) electrons. The molecule has 1 rings (SSSR count). The highest BCUT2D eigenvalue weighted by atomic mass is 16.5. The molecule has 0 unspecified atom stereocenters. The SMILES string of the molecule is CCCc1ccccc1[NH2+]O. The van der Waals surface area contributed by atoms with Crippen molar-refractivity contribution >= 4 is 5.69 Å². The van der Waals surface area contributed by atoms with Gasteiger partial charge in [-0.05, 0) is 6.42 Å². The second kappa shape index (κ2) is 4.11. The minimum atomic E-state index is 0.939. The minimum Gasteiger partial charge on any atom is -0.215 e. The number of nitrogens with two attached hydrogens (primary N) is 1. The first kappa shape index (κ1) is 8.24. The Labute approximate surface area is 66.8 Å². The summed E-state index contributed by atoms with van der Waals surface area (Å²) in [5.41, 5.74) is 3.33. The van der Waals surface area contributed by atoms with Crippen LogP contribution in [0.4, 0.5) is 5.69 Å². The number of para-hydroxylation sites is 1. The summed E-state index contributed by atoms with van der Waals surface area (Å²) in [5, 5.41) is 8.82. The standard InChI is InChI=1S/C9H13NO/c1-2-5-8-6-3-4-7-9(8)10-11/h3-4,6-7,10-11H,2,5H2,1H3/p+1. The van der Waals surface area contributed by atoms with E-state index < -0.39 is 0 Å². The molecule has 0 aliphatic heterocycles. The minimum absolute atomic E-state index is 0.939. The molecule has 11 heavy (non-hydrogen) atoms. The zero-order valence-electron chi connectivity index (χ0n) is 6.75. The molecule has 0 saturated carbocycles. The summed E-state index contributed by atoms with van der Waals surface area (Å²) in [6.45, 7) is 2.13. The van der Waals surface area contributed by atoms with E-state index in [-0.39, 0.29) is 0 Å². The molecule has 0 heterocycles. The van der Waals surface area contributed by atoms with Crippen molar-refractivity contribution in [2.45, 2.75) is 19.8 Å². The van der Waals surface area contributed by atoms with Crippen molar-refractivity contribution in [2.24, 2.45) is 0 Å². The topological polar surface area (TPSA) is 36.8 Å². The van der Waals surface area contributed by atoms with Crippen LogP contribution in [-0.4, -0.2) is 5.21 Å². The molecule has 1 aromatic carbocycles. The van der Waals surface area contributed by atoms with Crippen LogP contribution in [0.1, 0.15) is 18.9 Å². The van der Waals surface area contributed by atoms with Crippen molar-refractivity contribution in [3.63, 3.8) is 0 Å². The smallest absolute Gasteiger partial charge is 0.164 e. The average molecular weight is 152 g/mol. The van der Waals surface area contributed by atoms with Crippen LogP contribution in [0.2, 0.25) is 0 Å². The third kappa shape index (κ3) is 2.03. The number of quaternary nitrogens is 1. The van der Waals surface area contributed by atoms with Crippen LogP contribution >= 0.6 is 0 Å². The van der Waals surface area contributed by atoms with E-state index in [0.717, 1.165) is 18.5 Å². The third-order valence-corrected chi connectivity index (χ3v) is 1.71. The van der Waals surface area contributed by atoms with Crippen LogP contribution in [-0.2, 0) is 6.42 Å². The van der Waals surface area contributed by atoms with Gasteiger partial charge < -0.3 is 0 Å². The molecule has 2 heteroatoms. The number of hydrogen-bond donors (Lipinski definition) is 2. The normalized spacial score (nSPS) is 10.0. The Hall–Kier alpha value is -0.860. The van der Waals surface area contributed by atoms with Gasteiger partial charge in [-0.25, -0.2) is 5.21 Å². The van der Waals surface area contributed by atoms with Crippen LogP contribution in [0.3, 0.4) is 0 Å². The molecule has 0 saturated heterocycles. The highest BCUT2D eigenvalue weighted by Gasteiger charge is 2.01. The van der Waals surface area contributed by atoms with Crippen LogP contribution in [0, 0.1) is 0 Å². The predicted molar refractivity (Wildman–Crippen MR) is 43.8 cm³/mol. The summed E-state index contributed by atoms with van der Waals surface area (Å²) < 4.78 is 0. The lowest BCUT2D eigenvalue weighted by Crippen LogP contribution is -2.74. The van der Waals surface area contributed by atoms with Gasteiger partial charge in [0.05, 0.1) is 0 Å². The lowest BCUT2D eigenvalue weighted by Gasteiger charge is -2.00. The summed E-state index contributed by atoms with van der Waals surface area (Å²) in [4.78, 5) is 0. The van der Waals surface area contributed by atoms with Crippen LogP contribution in [0.15, 0.2) is 24.3 Å². The van der Waals surface area contributed by atoms with E-state index in [4.69, 9.17) is 5.21 Å². The van der Waals surface area contributed by atoms with E-state index >= 15 is 0 Å². The van der Waals surface area contributed by atoms with Gasteiger partial charge in [-0.3, -0.25) is 0 Å². The van der Waals surface area contributed by atoms with Crippen molar-refractivity contribution in [3.05, 3.63) is 29.8 Å². The zero-order chi connectivity index (χ0) is 8.10. The molecule has 0 fully saturated rings. The molecule has 0 amide bonds. The Kier molecular flexibility index (Phi) is 3.08. The Morgan fingerprint density at radius 3 is 2.73 bits per heavy atom. The summed E-state index contributed by atoms with van der Waals surface area (Å²) >= 11 is 0. The fourth-order valence-electron chi connectivity index (χ4n) is 1.16.